The van der Waals surface area contributed by atoms with E-state index < -0.39 is 0 Å². The lowest BCUT2D eigenvalue weighted by molar-refractivity contribution is -0.00152. The van der Waals surface area contributed by atoms with Crippen LogP contribution in [0.2, 0.25) is 5.02 Å². The summed E-state index contributed by atoms with van der Waals surface area (Å²) in [7, 11) is 0. The van der Waals surface area contributed by atoms with Crippen LogP contribution in [0.3, 0.4) is 0 Å². The molecule has 154 valence electrons. The molecule has 0 bridgehead atoms. The number of benzene rings is 1. The number of rotatable bonds is 5. The average molecular weight is 414 g/mol. The van der Waals surface area contributed by atoms with Gasteiger partial charge in [0.25, 0.3) is 5.91 Å². The van der Waals surface area contributed by atoms with E-state index in [0.29, 0.717) is 22.7 Å². The third-order valence-corrected chi connectivity index (χ3v) is 6.40. The number of hydrogen-bond acceptors (Lipinski definition) is 4. The molecule has 0 unspecified atom stereocenters. The number of likely N-dealkylation sites (tertiary alicyclic amines) is 1. The van der Waals surface area contributed by atoms with Gasteiger partial charge < -0.3 is 9.64 Å². The average Bonchev–Trinajstić information content (AvgIpc) is 2.79. The van der Waals surface area contributed by atoms with Crippen molar-refractivity contribution in [3.05, 3.63) is 64.9 Å². The van der Waals surface area contributed by atoms with Crippen LogP contribution < -0.4 is 0 Å². The Morgan fingerprint density at radius 3 is 2.48 bits per heavy atom. The van der Waals surface area contributed by atoms with E-state index in [9.17, 15) is 4.79 Å². The van der Waals surface area contributed by atoms with Gasteiger partial charge in [0.15, 0.2) is 0 Å². The van der Waals surface area contributed by atoms with Crippen molar-refractivity contribution in [1.29, 1.82) is 0 Å². The summed E-state index contributed by atoms with van der Waals surface area (Å²) < 4.78 is 5.59. The molecule has 29 heavy (non-hydrogen) atoms. The van der Waals surface area contributed by atoms with E-state index in [2.05, 4.69) is 16.0 Å². The van der Waals surface area contributed by atoms with Crippen molar-refractivity contribution < 1.29 is 9.53 Å². The summed E-state index contributed by atoms with van der Waals surface area (Å²) >= 11 is 6.24. The van der Waals surface area contributed by atoms with Gasteiger partial charge in [0.05, 0.1) is 10.6 Å². The first-order valence-corrected chi connectivity index (χ1v) is 10.9. The summed E-state index contributed by atoms with van der Waals surface area (Å²) in [6.45, 7) is 4.10. The van der Waals surface area contributed by atoms with Gasteiger partial charge in [0, 0.05) is 57.3 Å². The number of carbonyl (C=O) groups is 1. The topological polar surface area (TPSA) is 45.7 Å². The number of halogens is 1. The maximum Gasteiger partial charge on any atom is 0.255 e. The fourth-order valence-electron chi connectivity index (χ4n) is 4.48. The van der Waals surface area contributed by atoms with Crippen molar-refractivity contribution in [3.63, 3.8) is 0 Å². The van der Waals surface area contributed by atoms with Crippen LogP contribution in [-0.4, -0.2) is 59.1 Å². The molecular weight excluding hydrogens is 386 g/mol. The van der Waals surface area contributed by atoms with Gasteiger partial charge in [0.1, 0.15) is 0 Å². The molecule has 1 amide bonds. The fourth-order valence-corrected chi connectivity index (χ4v) is 4.70. The molecule has 0 N–H and O–H groups in total. The number of piperidine rings is 1. The number of nitrogens with zero attached hydrogens (tertiary/aromatic N) is 3. The van der Waals surface area contributed by atoms with E-state index in [-0.39, 0.29) is 5.91 Å². The molecular formula is C23H28ClN3O2. The van der Waals surface area contributed by atoms with Crippen LogP contribution in [0.25, 0.3) is 0 Å². The number of ether oxygens (including phenoxy) is 1. The van der Waals surface area contributed by atoms with Crippen molar-refractivity contribution in [2.75, 3.05) is 26.3 Å². The highest BCUT2D eigenvalue weighted by atomic mass is 35.5. The van der Waals surface area contributed by atoms with Crippen LogP contribution in [0.5, 0.6) is 0 Å². The molecule has 1 aromatic carbocycles. The lowest BCUT2D eigenvalue weighted by Gasteiger charge is -2.43. The van der Waals surface area contributed by atoms with Gasteiger partial charge in [-0.1, -0.05) is 29.8 Å². The molecule has 5 nitrogen and oxygen atoms in total. The fraction of sp³-hybridized carbons (Fsp3) is 0.478. The number of pyridine rings is 1. The Morgan fingerprint density at radius 2 is 1.79 bits per heavy atom. The molecule has 0 saturated carbocycles. The first-order valence-electron chi connectivity index (χ1n) is 10.5. The Kier molecular flexibility index (Phi) is 6.80. The molecule has 2 aliphatic heterocycles. The second-order valence-corrected chi connectivity index (χ2v) is 8.29. The van der Waals surface area contributed by atoms with Crippen LogP contribution in [0.1, 0.15) is 41.6 Å². The minimum atomic E-state index is 0.0407. The van der Waals surface area contributed by atoms with Crippen LogP contribution in [0.15, 0.2) is 48.8 Å². The Morgan fingerprint density at radius 1 is 1.07 bits per heavy atom. The second-order valence-electron chi connectivity index (χ2n) is 7.88. The van der Waals surface area contributed by atoms with Crippen molar-refractivity contribution in [1.82, 2.24) is 14.8 Å². The van der Waals surface area contributed by atoms with Gasteiger partial charge >= 0.3 is 0 Å². The maximum atomic E-state index is 12.9. The zero-order valence-corrected chi connectivity index (χ0v) is 17.4. The molecule has 2 saturated heterocycles. The Bertz CT molecular complexity index is 803. The minimum Gasteiger partial charge on any atom is -0.381 e. The SMILES string of the molecule is O=C(c1ccccc1Cl)N1CCC(N(Cc2cccnc2)C2CCOCC2)CC1. The molecule has 4 rings (SSSR count). The second kappa shape index (κ2) is 9.70. The third kappa shape index (κ3) is 4.97. The first-order chi connectivity index (χ1) is 14.2. The standard InChI is InChI=1S/C23H28ClN3O2/c24-22-6-2-1-5-21(22)23(28)26-12-7-19(8-13-26)27(20-9-14-29-15-10-20)17-18-4-3-11-25-16-18/h1-6,11,16,19-20H,7-10,12-15,17H2. The van der Waals surface area contributed by atoms with Crippen molar-refractivity contribution >= 4 is 17.5 Å². The van der Waals surface area contributed by atoms with Crippen LogP contribution in [-0.2, 0) is 11.3 Å². The third-order valence-electron chi connectivity index (χ3n) is 6.07. The normalized spacial score (nSPS) is 18.9. The van der Waals surface area contributed by atoms with Crippen molar-refractivity contribution in [3.8, 4) is 0 Å². The number of aromatic nitrogens is 1. The predicted molar refractivity (Wildman–Crippen MR) is 114 cm³/mol. The maximum absolute atomic E-state index is 12.9. The number of amides is 1. The van der Waals surface area contributed by atoms with E-state index in [1.54, 1.807) is 6.07 Å². The molecule has 2 aromatic rings. The van der Waals surface area contributed by atoms with Gasteiger partial charge in [0.2, 0.25) is 0 Å². The summed E-state index contributed by atoms with van der Waals surface area (Å²) in [5, 5.41) is 0.528. The summed E-state index contributed by atoms with van der Waals surface area (Å²) in [4.78, 5) is 21.8. The van der Waals surface area contributed by atoms with E-state index in [1.807, 2.05) is 41.6 Å². The highest BCUT2D eigenvalue weighted by Crippen LogP contribution is 2.27. The van der Waals surface area contributed by atoms with Crippen molar-refractivity contribution in [2.45, 2.75) is 44.3 Å². The van der Waals surface area contributed by atoms with Gasteiger partial charge in [-0.3, -0.25) is 14.7 Å². The molecule has 1 aromatic heterocycles. The quantitative estimate of drug-likeness (QED) is 0.742. The predicted octanol–water partition coefficient (Wildman–Crippen LogP) is 4.02. The first kappa shape index (κ1) is 20.3. The lowest BCUT2D eigenvalue weighted by atomic mass is 9.96. The number of hydrogen-bond donors (Lipinski definition) is 0. The summed E-state index contributed by atoms with van der Waals surface area (Å²) in [6, 6.07) is 12.5. The molecule has 3 heterocycles. The lowest BCUT2D eigenvalue weighted by Crippen LogP contribution is -2.51. The number of carbonyl (C=O) groups excluding carboxylic acids is 1. The minimum absolute atomic E-state index is 0.0407. The monoisotopic (exact) mass is 413 g/mol. The van der Waals surface area contributed by atoms with Crippen LogP contribution in [0.4, 0.5) is 0 Å². The van der Waals surface area contributed by atoms with Gasteiger partial charge in [-0.15, -0.1) is 0 Å². The molecule has 6 heteroatoms. The Hall–Kier alpha value is -1.95. The zero-order valence-electron chi connectivity index (χ0n) is 16.7. The van der Waals surface area contributed by atoms with E-state index in [1.165, 1.54) is 5.56 Å². The molecule has 0 spiro atoms. The Balaban J connectivity index is 1.43. The van der Waals surface area contributed by atoms with Gasteiger partial charge in [-0.05, 0) is 49.4 Å². The van der Waals surface area contributed by atoms with E-state index >= 15 is 0 Å². The van der Waals surface area contributed by atoms with Crippen molar-refractivity contribution in [2.24, 2.45) is 0 Å². The van der Waals surface area contributed by atoms with Crippen LogP contribution >= 0.6 is 11.6 Å². The molecule has 0 radical (unpaired) electrons. The smallest absolute Gasteiger partial charge is 0.255 e. The highest BCUT2D eigenvalue weighted by Gasteiger charge is 2.32. The largest absolute Gasteiger partial charge is 0.381 e. The summed E-state index contributed by atoms with van der Waals surface area (Å²) in [5.41, 5.74) is 1.85. The summed E-state index contributed by atoms with van der Waals surface area (Å²) in [5.74, 6) is 0.0407. The zero-order chi connectivity index (χ0) is 20.1. The molecule has 0 atom stereocenters. The highest BCUT2D eigenvalue weighted by molar-refractivity contribution is 6.33. The molecule has 2 aliphatic rings. The van der Waals surface area contributed by atoms with Gasteiger partial charge in [-0.2, -0.15) is 0 Å². The molecule has 0 aliphatic carbocycles. The van der Waals surface area contributed by atoms with Gasteiger partial charge in [-0.25, -0.2) is 0 Å². The molecule has 2 fully saturated rings. The summed E-state index contributed by atoms with van der Waals surface area (Å²) in [6.07, 6.45) is 7.88. The Labute approximate surface area is 177 Å². The van der Waals surface area contributed by atoms with E-state index in [0.717, 1.165) is 58.5 Å². The van der Waals surface area contributed by atoms with E-state index in [4.69, 9.17) is 16.3 Å². The van der Waals surface area contributed by atoms with Crippen LogP contribution in [0, 0.1) is 0 Å².